The van der Waals surface area contributed by atoms with Crippen LogP contribution in [0.1, 0.15) is 18.5 Å². The number of carbonyl (C=O) groups excluding carboxylic acids is 1. The standard InChI is InChI=1S/C14H16ClN3O2/c1-3-18-9-10(8-16-18)17-13(14(19)20-2)11-6-4-5-7-12(11)15/h4-9,13,17H,3H2,1-2H3/t13-/m0/s1. The van der Waals surface area contributed by atoms with Crippen molar-refractivity contribution in [2.45, 2.75) is 19.5 Å². The van der Waals surface area contributed by atoms with E-state index in [1.807, 2.05) is 25.3 Å². The van der Waals surface area contributed by atoms with E-state index in [1.165, 1.54) is 7.11 Å². The number of aromatic nitrogens is 2. The number of rotatable bonds is 5. The van der Waals surface area contributed by atoms with Crippen molar-refractivity contribution >= 4 is 23.3 Å². The van der Waals surface area contributed by atoms with E-state index < -0.39 is 12.0 Å². The number of carbonyl (C=O) groups is 1. The number of nitrogens with zero attached hydrogens (tertiary/aromatic N) is 2. The molecule has 1 aromatic heterocycles. The van der Waals surface area contributed by atoms with Gasteiger partial charge in [-0.2, -0.15) is 5.10 Å². The fourth-order valence-electron chi connectivity index (χ4n) is 1.87. The highest BCUT2D eigenvalue weighted by Crippen LogP contribution is 2.26. The van der Waals surface area contributed by atoms with Crippen LogP contribution >= 0.6 is 11.6 Å². The van der Waals surface area contributed by atoms with Gasteiger partial charge in [-0.1, -0.05) is 29.8 Å². The van der Waals surface area contributed by atoms with Gasteiger partial charge in [-0.15, -0.1) is 0 Å². The number of aryl methyl sites for hydroxylation is 1. The minimum Gasteiger partial charge on any atom is -0.467 e. The van der Waals surface area contributed by atoms with Crippen LogP contribution in [-0.4, -0.2) is 22.9 Å². The Kier molecular flexibility index (Phi) is 4.63. The van der Waals surface area contributed by atoms with Crippen molar-refractivity contribution in [1.82, 2.24) is 9.78 Å². The van der Waals surface area contributed by atoms with Crippen LogP contribution in [0.5, 0.6) is 0 Å². The molecule has 0 unspecified atom stereocenters. The normalized spacial score (nSPS) is 11.9. The van der Waals surface area contributed by atoms with Crippen molar-refractivity contribution in [1.29, 1.82) is 0 Å². The summed E-state index contributed by atoms with van der Waals surface area (Å²) < 4.78 is 6.61. The Labute approximate surface area is 122 Å². The molecule has 0 bridgehead atoms. The third-order valence-corrected chi connectivity index (χ3v) is 3.27. The zero-order valence-corrected chi connectivity index (χ0v) is 12.1. The molecular weight excluding hydrogens is 278 g/mol. The lowest BCUT2D eigenvalue weighted by atomic mass is 10.1. The number of ether oxygens (including phenoxy) is 1. The molecule has 2 rings (SSSR count). The summed E-state index contributed by atoms with van der Waals surface area (Å²) in [5.74, 6) is -0.401. The lowest BCUT2D eigenvalue weighted by molar-refractivity contribution is -0.141. The van der Waals surface area contributed by atoms with Gasteiger partial charge in [0.1, 0.15) is 0 Å². The summed E-state index contributed by atoms with van der Waals surface area (Å²) in [7, 11) is 1.35. The van der Waals surface area contributed by atoms with Crippen LogP contribution in [0, 0.1) is 0 Å². The molecule has 0 aliphatic heterocycles. The minimum absolute atomic E-state index is 0.401. The summed E-state index contributed by atoms with van der Waals surface area (Å²) in [6.45, 7) is 2.75. The quantitative estimate of drug-likeness (QED) is 0.861. The van der Waals surface area contributed by atoms with E-state index in [1.54, 1.807) is 23.0 Å². The summed E-state index contributed by atoms with van der Waals surface area (Å²) in [6.07, 6.45) is 3.49. The van der Waals surface area contributed by atoms with Crippen LogP contribution in [-0.2, 0) is 16.1 Å². The maximum atomic E-state index is 12.0. The van der Waals surface area contributed by atoms with Crippen molar-refractivity contribution in [2.75, 3.05) is 12.4 Å². The predicted octanol–water partition coefficient (Wildman–Crippen LogP) is 2.88. The molecule has 0 saturated carbocycles. The first-order valence-corrected chi connectivity index (χ1v) is 6.64. The van der Waals surface area contributed by atoms with Crippen LogP contribution in [0.25, 0.3) is 0 Å². The summed E-state index contributed by atoms with van der Waals surface area (Å²) in [4.78, 5) is 12.0. The summed E-state index contributed by atoms with van der Waals surface area (Å²) in [5, 5.41) is 7.77. The van der Waals surface area contributed by atoms with Gasteiger partial charge in [0.2, 0.25) is 0 Å². The Balaban J connectivity index is 2.29. The van der Waals surface area contributed by atoms with Crippen LogP contribution in [0.4, 0.5) is 5.69 Å². The van der Waals surface area contributed by atoms with Crippen molar-refractivity contribution in [3.05, 3.63) is 47.2 Å². The maximum Gasteiger partial charge on any atom is 0.333 e. The summed E-state index contributed by atoms with van der Waals surface area (Å²) in [5.41, 5.74) is 1.41. The van der Waals surface area contributed by atoms with E-state index in [4.69, 9.17) is 16.3 Å². The maximum absolute atomic E-state index is 12.0. The Hall–Kier alpha value is -2.01. The lowest BCUT2D eigenvalue weighted by Crippen LogP contribution is -2.22. The van der Waals surface area contributed by atoms with Gasteiger partial charge in [-0.25, -0.2) is 4.79 Å². The minimum atomic E-state index is -0.664. The van der Waals surface area contributed by atoms with Crippen molar-refractivity contribution in [2.24, 2.45) is 0 Å². The second-order valence-corrected chi connectivity index (χ2v) is 4.61. The molecule has 5 nitrogen and oxygen atoms in total. The van der Waals surface area contributed by atoms with Gasteiger partial charge in [0.05, 0.1) is 19.0 Å². The number of esters is 1. The molecule has 0 saturated heterocycles. The SMILES string of the molecule is CCn1cc(N[C@H](C(=O)OC)c2ccccc2Cl)cn1. The molecule has 0 aliphatic rings. The zero-order chi connectivity index (χ0) is 14.5. The third kappa shape index (κ3) is 3.11. The van der Waals surface area contributed by atoms with Crippen molar-refractivity contribution in [3.8, 4) is 0 Å². The highest BCUT2D eigenvalue weighted by atomic mass is 35.5. The number of nitrogens with one attached hydrogen (secondary N) is 1. The molecule has 1 N–H and O–H groups in total. The van der Waals surface area contributed by atoms with E-state index in [0.29, 0.717) is 10.6 Å². The number of hydrogen-bond acceptors (Lipinski definition) is 4. The molecule has 1 atom stereocenters. The van der Waals surface area contributed by atoms with Crippen molar-refractivity contribution < 1.29 is 9.53 Å². The molecule has 2 aromatic rings. The van der Waals surface area contributed by atoms with Crippen molar-refractivity contribution in [3.63, 3.8) is 0 Å². The molecule has 0 spiro atoms. The Morgan fingerprint density at radius 3 is 2.85 bits per heavy atom. The van der Waals surface area contributed by atoms with Crippen LogP contribution in [0.15, 0.2) is 36.7 Å². The summed E-state index contributed by atoms with van der Waals surface area (Å²) >= 11 is 6.15. The van der Waals surface area contributed by atoms with E-state index in [2.05, 4.69) is 10.4 Å². The van der Waals surface area contributed by atoms with E-state index in [9.17, 15) is 4.79 Å². The molecular formula is C14H16ClN3O2. The molecule has 106 valence electrons. The zero-order valence-electron chi connectivity index (χ0n) is 11.3. The van der Waals surface area contributed by atoms with Gasteiger partial charge < -0.3 is 10.1 Å². The molecule has 1 aromatic carbocycles. The lowest BCUT2D eigenvalue weighted by Gasteiger charge is -2.17. The number of anilines is 1. The Bertz CT molecular complexity index is 598. The third-order valence-electron chi connectivity index (χ3n) is 2.92. The highest BCUT2D eigenvalue weighted by molar-refractivity contribution is 6.31. The molecule has 6 heteroatoms. The Morgan fingerprint density at radius 2 is 2.25 bits per heavy atom. The predicted molar refractivity (Wildman–Crippen MR) is 77.7 cm³/mol. The van der Waals surface area contributed by atoms with Gasteiger partial charge in [0.15, 0.2) is 6.04 Å². The first kappa shape index (κ1) is 14.4. The molecule has 20 heavy (non-hydrogen) atoms. The van der Waals surface area contributed by atoms with Gasteiger partial charge >= 0.3 is 5.97 Å². The summed E-state index contributed by atoms with van der Waals surface area (Å²) in [6, 6.07) is 6.51. The second kappa shape index (κ2) is 6.43. The average Bonchev–Trinajstić information content (AvgIpc) is 2.92. The van der Waals surface area contributed by atoms with E-state index >= 15 is 0 Å². The molecule has 1 heterocycles. The van der Waals surface area contributed by atoms with Crippen LogP contribution < -0.4 is 5.32 Å². The number of benzene rings is 1. The number of hydrogen-bond donors (Lipinski definition) is 1. The van der Waals surface area contributed by atoms with Gasteiger partial charge in [0.25, 0.3) is 0 Å². The molecule has 0 amide bonds. The fraction of sp³-hybridized carbons (Fsp3) is 0.286. The van der Waals surface area contributed by atoms with Crippen LogP contribution in [0.3, 0.4) is 0 Å². The molecule has 0 aliphatic carbocycles. The topological polar surface area (TPSA) is 56.2 Å². The second-order valence-electron chi connectivity index (χ2n) is 4.21. The number of methoxy groups -OCH3 is 1. The van der Waals surface area contributed by atoms with Gasteiger partial charge in [-0.3, -0.25) is 4.68 Å². The first-order chi connectivity index (χ1) is 9.65. The number of halogens is 1. The highest BCUT2D eigenvalue weighted by Gasteiger charge is 2.23. The molecule has 0 radical (unpaired) electrons. The fourth-order valence-corrected chi connectivity index (χ4v) is 2.11. The van der Waals surface area contributed by atoms with E-state index in [0.717, 1.165) is 12.2 Å². The average molecular weight is 294 g/mol. The molecule has 0 fully saturated rings. The first-order valence-electron chi connectivity index (χ1n) is 6.27. The largest absolute Gasteiger partial charge is 0.467 e. The van der Waals surface area contributed by atoms with Gasteiger partial charge in [0, 0.05) is 23.3 Å². The smallest absolute Gasteiger partial charge is 0.333 e. The monoisotopic (exact) mass is 293 g/mol. The Morgan fingerprint density at radius 1 is 1.50 bits per heavy atom. The van der Waals surface area contributed by atoms with E-state index in [-0.39, 0.29) is 0 Å². The van der Waals surface area contributed by atoms with Gasteiger partial charge in [-0.05, 0) is 13.0 Å². The van der Waals surface area contributed by atoms with Crippen LogP contribution in [0.2, 0.25) is 5.02 Å².